The summed E-state index contributed by atoms with van der Waals surface area (Å²) in [6.07, 6.45) is 1.28. The van der Waals surface area contributed by atoms with Crippen LogP contribution in [0.15, 0.2) is 23.1 Å². The Morgan fingerprint density at radius 3 is 2.65 bits per heavy atom. The number of carbonyl (C=O) groups excluding carboxylic acids is 1. The van der Waals surface area contributed by atoms with Gasteiger partial charge in [-0.25, -0.2) is 8.42 Å². The molecule has 90 valence electrons. The standard InChI is InChI=1S/C11H10ClNO3S/c12-7-1-2-8-9(5-7)17(15,16)6-11(3-4-11)10(14)13-8/h1-2,5H,3-4,6H2,(H,13,14). The van der Waals surface area contributed by atoms with Crippen LogP contribution in [0.4, 0.5) is 5.69 Å². The van der Waals surface area contributed by atoms with Crippen LogP contribution < -0.4 is 5.32 Å². The molecular formula is C11H10ClNO3S. The Kier molecular flexibility index (Phi) is 2.10. The molecule has 17 heavy (non-hydrogen) atoms. The third kappa shape index (κ3) is 1.65. The number of hydrogen-bond acceptors (Lipinski definition) is 3. The zero-order valence-electron chi connectivity index (χ0n) is 8.86. The fourth-order valence-electron chi connectivity index (χ4n) is 2.14. The van der Waals surface area contributed by atoms with Gasteiger partial charge in [-0.15, -0.1) is 0 Å². The van der Waals surface area contributed by atoms with E-state index in [9.17, 15) is 13.2 Å². The first-order valence-corrected chi connectivity index (χ1v) is 7.30. The summed E-state index contributed by atoms with van der Waals surface area (Å²) in [7, 11) is -3.45. The van der Waals surface area contributed by atoms with Crippen molar-refractivity contribution in [3.05, 3.63) is 23.2 Å². The quantitative estimate of drug-likeness (QED) is 0.783. The van der Waals surface area contributed by atoms with Gasteiger partial charge >= 0.3 is 0 Å². The van der Waals surface area contributed by atoms with E-state index in [-0.39, 0.29) is 16.6 Å². The van der Waals surface area contributed by atoms with E-state index in [4.69, 9.17) is 11.6 Å². The molecule has 1 fully saturated rings. The molecule has 6 heteroatoms. The van der Waals surface area contributed by atoms with Crippen molar-refractivity contribution < 1.29 is 13.2 Å². The van der Waals surface area contributed by atoms with E-state index in [1.807, 2.05) is 0 Å². The average molecular weight is 272 g/mol. The van der Waals surface area contributed by atoms with Crippen molar-refractivity contribution in [1.29, 1.82) is 0 Å². The van der Waals surface area contributed by atoms with Crippen molar-refractivity contribution in [2.24, 2.45) is 5.41 Å². The number of sulfone groups is 1. The summed E-state index contributed by atoms with van der Waals surface area (Å²) in [5.41, 5.74) is -0.368. The topological polar surface area (TPSA) is 63.2 Å². The molecule has 0 saturated heterocycles. The lowest BCUT2D eigenvalue weighted by molar-refractivity contribution is -0.120. The zero-order valence-corrected chi connectivity index (χ0v) is 10.4. The van der Waals surface area contributed by atoms with E-state index in [2.05, 4.69) is 5.32 Å². The Balaban J connectivity index is 2.21. The zero-order chi connectivity index (χ0) is 12.3. The van der Waals surface area contributed by atoms with E-state index in [0.717, 1.165) is 0 Å². The fraction of sp³-hybridized carbons (Fsp3) is 0.364. The van der Waals surface area contributed by atoms with Gasteiger partial charge in [0, 0.05) is 5.02 Å². The maximum Gasteiger partial charge on any atom is 0.231 e. The third-order valence-electron chi connectivity index (χ3n) is 3.33. The van der Waals surface area contributed by atoms with Gasteiger partial charge in [0.25, 0.3) is 0 Å². The summed E-state index contributed by atoms with van der Waals surface area (Å²) in [5, 5.41) is 3.04. The van der Waals surface area contributed by atoms with E-state index < -0.39 is 15.3 Å². The van der Waals surface area contributed by atoms with Crippen molar-refractivity contribution in [3.63, 3.8) is 0 Å². The highest BCUT2D eigenvalue weighted by molar-refractivity contribution is 7.91. The highest BCUT2D eigenvalue weighted by atomic mass is 35.5. The molecule has 0 bridgehead atoms. The molecule has 1 heterocycles. The first-order valence-electron chi connectivity index (χ1n) is 5.27. The number of carbonyl (C=O) groups is 1. The van der Waals surface area contributed by atoms with Crippen molar-refractivity contribution in [2.45, 2.75) is 17.7 Å². The lowest BCUT2D eigenvalue weighted by Gasteiger charge is -2.08. The number of anilines is 1. The van der Waals surface area contributed by atoms with Gasteiger partial charge in [0.05, 0.1) is 21.8 Å². The second-order valence-corrected chi connectivity index (χ2v) is 7.03. The summed E-state index contributed by atoms with van der Waals surface area (Å²) in [4.78, 5) is 12.1. The van der Waals surface area contributed by atoms with E-state index in [0.29, 0.717) is 23.6 Å². The Hall–Kier alpha value is -1.07. The molecule has 1 aliphatic carbocycles. The number of hydrogen-bond donors (Lipinski definition) is 1. The number of benzene rings is 1. The van der Waals surface area contributed by atoms with Gasteiger partial charge in [0.15, 0.2) is 9.84 Å². The first-order chi connectivity index (χ1) is 7.93. The lowest BCUT2D eigenvalue weighted by Crippen LogP contribution is -2.27. The molecule has 1 spiro atoms. The summed E-state index contributed by atoms with van der Waals surface area (Å²) >= 11 is 5.80. The van der Waals surface area contributed by atoms with E-state index >= 15 is 0 Å². The maximum atomic E-state index is 12.2. The van der Waals surface area contributed by atoms with E-state index in [1.54, 1.807) is 6.07 Å². The summed E-state index contributed by atoms with van der Waals surface area (Å²) in [6.45, 7) is 0. The minimum Gasteiger partial charge on any atom is -0.324 e. The van der Waals surface area contributed by atoms with Crippen LogP contribution in [0.2, 0.25) is 5.02 Å². The molecule has 0 atom stereocenters. The maximum absolute atomic E-state index is 12.2. The number of halogens is 1. The predicted molar refractivity (Wildman–Crippen MR) is 63.8 cm³/mol. The first kappa shape index (κ1) is 11.0. The van der Waals surface area contributed by atoms with Crippen LogP contribution in [-0.2, 0) is 14.6 Å². The van der Waals surface area contributed by atoms with Gasteiger partial charge in [-0.3, -0.25) is 4.79 Å². The molecule has 1 aliphatic heterocycles. The second kappa shape index (κ2) is 3.23. The highest BCUT2D eigenvalue weighted by Crippen LogP contribution is 2.50. The molecule has 4 nitrogen and oxygen atoms in total. The molecule has 3 rings (SSSR count). The molecule has 2 aliphatic rings. The Labute approximate surface area is 104 Å². The van der Waals surface area contributed by atoms with Crippen molar-refractivity contribution in [3.8, 4) is 0 Å². The lowest BCUT2D eigenvalue weighted by atomic mass is 10.1. The van der Waals surface area contributed by atoms with Gasteiger partial charge in [0.2, 0.25) is 5.91 Å². The van der Waals surface area contributed by atoms with Crippen LogP contribution in [0, 0.1) is 5.41 Å². The Morgan fingerprint density at radius 1 is 1.29 bits per heavy atom. The van der Waals surface area contributed by atoms with Gasteiger partial charge in [0.1, 0.15) is 0 Å². The van der Waals surface area contributed by atoms with Gasteiger partial charge < -0.3 is 5.32 Å². The largest absolute Gasteiger partial charge is 0.324 e. The highest BCUT2D eigenvalue weighted by Gasteiger charge is 2.54. The minimum atomic E-state index is -3.45. The number of nitrogens with one attached hydrogen (secondary N) is 1. The molecule has 1 saturated carbocycles. The van der Waals surface area contributed by atoms with Crippen molar-refractivity contribution in [2.75, 3.05) is 11.1 Å². The predicted octanol–water partition coefficient (Wildman–Crippen LogP) is 1.85. The van der Waals surface area contributed by atoms with Crippen LogP contribution >= 0.6 is 11.6 Å². The monoisotopic (exact) mass is 271 g/mol. The molecule has 0 radical (unpaired) electrons. The Bertz CT molecular complexity index is 620. The SMILES string of the molecule is O=C1Nc2ccc(Cl)cc2S(=O)(=O)CC12CC2. The molecule has 1 aromatic carbocycles. The smallest absolute Gasteiger partial charge is 0.231 e. The molecular weight excluding hydrogens is 262 g/mol. The molecule has 0 aromatic heterocycles. The van der Waals surface area contributed by atoms with Gasteiger partial charge in [-0.2, -0.15) is 0 Å². The van der Waals surface area contributed by atoms with Crippen LogP contribution in [0.1, 0.15) is 12.8 Å². The number of amides is 1. The van der Waals surface area contributed by atoms with Crippen LogP contribution in [0.5, 0.6) is 0 Å². The Morgan fingerprint density at radius 2 is 2.00 bits per heavy atom. The summed E-state index contributed by atoms with van der Waals surface area (Å²) in [6, 6.07) is 4.50. The van der Waals surface area contributed by atoms with Crippen LogP contribution in [0.25, 0.3) is 0 Å². The summed E-state index contributed by atoms with van der Waals surface area (Å²) < 4.78 is 24.4. The molecule has 0 unspecified atom stereocenters. The van der Waals surface area contributed by atoms with Gasteiger partial charge in [-0.05, 0) is 31.0 Å². The number of fused-ring (bicyclic) bond motifs is 1. The fourth-order valence-corrected chi connectivity index (χ4v) is 4.44. The van der Waals surface area contributed by atoms with Crippen LogP contribution in [-0.4, -0.2) is 20.1 Å². The third-order valence-corrected chi connectivity index (χ3v) is 5.50. The number of rotatable bonds is 0. The van der Waals surface area contributed by atoms with Crippen molar-refractivity contribution in [1.82, 2.24) is 0 Å². The van der Waals surface area contributed by atoms with Crippen LogP contribution in [0.3, 0.4) is 0 Å². The van der Waals surface area contributed by atoms with E-state index in [1.165, 1.54) is 12.1 Å². The average Bonchev–Trinajstić information content (AvgIpc) is 3.00. The summed E-state index contributed by atoms with van der Waals surface area (Å²) in [5.74, 6) is -0.304. The molecule has 1 amide bonds. The van der Waals surface area contributed by atoms with Crippen molar-refractivity contribution >= 4 is 33.0 Å². The molecule has 1 N–H and O–H groups in total. The minimum absolute atomic E-state index is 0.112. The van der Waals surface area contributed by atoms with Gasteiger partial charge in [-0.1, -0.05) is 11.6 Å². The molecule has 1 aromatic rings. The normalized spacial score (nSPS) is 23.7. The second-order valence-electron chi connectivity index (χ2n) is 4.63.